The molecule has 0 rings (SSSR count). The van der Waals surface area contributed by atoms with E-state index in [4.69, 9.17) is 0 Å². The summed E-state index contributed by atoms with van der Waals surface area (Å²) in [5.41, 5.74) is 0. The van der Waals surface area contributed by atoms with E-state index in [2.05, 4.69) is 26.2 Å². The molecule has 0 spiro atoms. The van der Waals surface area contributed by atoms with E-state index in [1.54, 1.807) is 0 Å². The summed E-state index contributed by atoms with van der Waals surface area (Å²) >= 11 is 9.60. The van der Waals surface area contributed by atoms with Crippen LogP contribution in [-0.2, 0) is 64.0 Å². The summed E-state index contributed by atoms with van der Waals surface area (Å²) < 4.78 is 0. The first kappa shape index (κ1) is 9.72. The summed E-state index contributed by atoms with van der Waals surface area (Å²) in [5, 5.41) is 0. The zero-order chi connectivity index (χ0) is 4.00. The Morgan fingerprint density at radius 2 is 0.750 bits per heavy atom. The standard InChI is InChI=1S/2Fe.2Nb. The van der Waals surface area contributed by atoms with E-state index in [1.165, 1.54) is 37.8 Å². The zero-order valence-corrected chi connectivity index (χ0v) is 8.21. The third-order valence-electron chi connectivity index (χ3n) is 0. The van der Waals surface area contributed by atoms with Gasteiger partial charge in [0.2, 0.25) is 0 Å². The molecular formula is Fe2Nb2. The van der Waals surface area contributed by atoms with Crippen LogP contribution in [0.1, 0.15) is 0 Å². The molecule has 0 aliphatic rings. The normalized spacial score (nSPS) is 2.50. The summed E-state index contributed by atoms with van der Waals surface area (Å²) in [5.74, 6) is 0. The summed E-state index contributed by atoms with van der Waals surface area (Å²) in [6.45, 7) is 0. The molecule has 0 aliphatic carbocycles. The maximum absolute atomic E-state index is 3.30. The molecule has 0 unspecified atom stereocenters. The van der Waals surface area contributed by atoms with Crippen LogP contribution in [-0.4, -0.2) is 0 Å². The van der Waals surface area contributed by atoms with Crippen molar-refractivity contribution in [2.24, 2.45) is 0 Å². The van der Waals surface area contributed by atoms with Gasteiger partial charge in [-0.05, 0) is 0 Å². The van der Waals surface area contributed by atoms with Gasteiger partial charge in [0.1, 0.15) is 0 Å². The Morgan fingerprint density at radius 1 is 0.750 bits per heavy atom. The minimum atomic E-state index is 1.50. The van der Waals surface area contributed by atoms with Crippen LogP contribution < -0.4 is 0 Å². The van der Waals surface area contributed by atoms with Gasteiger partial charge in [-0.2, -0.15) is 0 Å². The van der Waals surface area contributed by atoms with Crippen LogP contribution in [0.5, 0.6) is 0 Å². The molecule has 4 heavy (non-hydrogen) atoms. The van der Waals surface area contributed by atoms with Crippen molar-refractivity contribution in [3.05, 3.63) is 0 Å². The van der Waals surface area contributed by atoms with Gasteiger partial charge >= 0.3 is 64.0 Å². The molecule has 0 fully saturated rings. The molecule has 26 valence electrons. The number of hydrogen-bond acceptors (Lipinski definition) is 0. The van der Waals surface area contributed by atoms with E-state index in [9.17, 15) is 0 Å². The van der Waals surface area contributed by atoms with Crippen molar-refractivity contribution in [1.29, 1.82) is 0 Å². The summed E-state index contributed by atoms with van der Waals surface area (Å²) in [6, 6.07) is 0. The fourth-order valence-corrected chi connectivity index (χ4v) is 0. The number of rotatable bonds is 0. The van der Waals surface area contributed by atoms with Gasteiger partial charge in [-0.15, -0.1) is 0 Å². The van der Waals surface area contributed by atoms with E-state index in [0.717, 1.165) is 0 Å². The summed E-state index contributed by atoms with van der Waals surface area (Å²) in [6.07, 6.45) is 0. The first-order valence-electron chi connectivity index (χ1n) is 0.316. The van der Waals surface area contributed by atoms with Crippen LogP contribution in [0, 0.1) is 0 Å². The van der Waals surface area contributed by atoms with Gasteiger partial charge in [0.05, 0.1) is 0 Å². The van der Waals surface area contributed by atoms with Gasteiger partial charge in [-0.25, -0.2) is 0 Å². The second kappa shape index (κ2) is 17.8. The third-order valence-corrected chi connectivity index (χ3v) is 0. The van der Waals surface area contributed by atoms with Crippen LogP contribution in [0.2, 0.25) is 0 Å². The van der Waals surface area contributed by atoms with E-state index in [-0.39, 0.29) is 0 Å². The van der Waals surface area contributed by atoms with Crippen molar-refractivity contribution < 1.29 is 64.0 Å². The van der Waals surface area contributed by atoms with Crippen molar-refractivity contribution in [3.8, 4) is 0 Å². The van der Waals surface area contributed by atoms with Crippen LogP contribution in [0.15, 0.2) is 0 Å². The average molecular weight is 298 g/mol. The molecule has 0 saturated carbocycles. The van der Waals surface area contributed by atoms with Gasteiger partial charge in [0, 0.05) is 0 Å². The van der Waals surface area contributed by atoms with Crippen molar-refractivity contribution in [2.75, 3.05) is 0 Å². The van der Waals surface area contributed by atoms with Crippen LogP contribution in [0.3, 0.4) is 0 Å². The van der Waals surface area contributed by atoms with Crippen molar-refractivity contribution in [2.45, 2.75) is 0 Å². The molecule has 0 aliphatic heterocycles. The Bertz CT molecular complexity index is 4.00. The van der Waals surface area contributed by atoms with Gasteiger partial charge in [-0.3, -0.25) is 0 Å². The van der Waals surface area contributed by atoms with Crippen molar-refractivity contribution >= 4 is 0 Å². The van der Waals surface area contributed by atoms with Crippen LogP contribution >= 0.6 is 0 Å². The average Bonchev–Trinajstić information content (AvgIpc) is 1.50. The van der Waals surface area contributed by atoms with E-state index < -0.39 is 0 Å². The molecular weight excluding hydrogens is 298 g/mol. The Labute approximate surface area is 63.0 Å². The van der Waals surface area contributed by atoms with Gasteiger partial charge < -0.3 is 0 Å². The molecule has 0 aromatic heterocycles. The van der Waals surface area contributed by atoms with Crippen molar-refractivity contribution in [3.63, 3.8) is 0 Å². The molecule has 4 heteroatoms. The maximum atomic E-state index is 3.30. The Hall–Kier alpha value is 2.52. The first-order valence-corrected chi connectivity index (χ1v) is 7.71. The zero-order valence-electron chi connectivity index (χ0n) is 1.60. The van der Waals surface area contributed by atoms with Crippen LogP contribution in [0.25, 0.3) is 0 Å². The Balaban J connectivity index is 0. The molecule has 0 saturated heterocycles. The Morgan fingerprint density at radius 3 is 0.750 bits per heavy atom. The second-order valence-electron chi connectivity index (χ2n) is 0. The molecule has 0 nitrogen and oxygen atoms in total. The predicted octanol–water partition coefficient (Wildman–Crippen LogP) is -0.0100. The van der Waals surface area contributed by atoms with Gasteiger partial charge in [0.25, 0.3) is 0 Å². The SMILES string of the molecule is [Fe][Nb].[Fe][Nb]. The number of hydrogen-bond donors (Lipinski definition) is 0. The Kier molecular flexibility index (Phi) is 43.2. The summed E-state index contributed by atoms with van der Waals surface area (Å²) in [7, 11) is 0. The van der Waals surface area contributed by atoms with E-state index in [1.807, 2.05) is 0 Å². The molecule has 0 heterocycles. The fourth-order valence-electron chi connectivity index (χ4n) is 0. The van der Waals surface area contributed by atoms with Crippen LogP contribution in [0.4, 0.5) is 0 Å². The fraction of sp³-hybridized carbons (Fsp3) is 0. The topological polar surface area (TPSA) is 0 Å². The monoisotopic (exact) mass is 298 g/mol. The molecule has 0 bridgehead atoms. The molecule has 0 atom stereocenters. The summed E-state index contributed by atoms with van der Waals surface area (Å²) in [4.78, 5) is 0. The minimum absolute atomic E-state index is 1.50. The quantitative estimate of drug-likeness (QED) is 0.552. The molecule has 0 aromatic carbocycles. The van der Waals surface area contributed by atoms with Gasteiger partial charge in [0.15, 0.2) is 0 Å². The molecule has 0 N–H and O–H groups in total. The van der Waals surface area contributed by atoms with Gasteiger partial charge in [-0.1, -0.05) is 0 Å². The molecule has 0 radical (unpaired) electrons. The van der Waals surface area contributed by atoms with E-state index >= 15 is 0 Å². The van der Waals surface area contributed by atoms with E-state index in [0.29, 0.717) is 0 Å². The second-order valence-corrected chi connectivity index (χ2v) is 0. The predicted molar refractivity (Wildman–Crippen MR) is 0 cm³/mol. The molecule has 0 aromatic rings. The van der Waals surface area contributed by atoms with Crippen molar-refractivity contribution in [1.82, 2.24) is 0 Å². The molecule has 0 amide bonds. The first-order chi connectivity index (χ1) is 2.00. The third kappa shape index (κ3) is 8.82.